The standard InChI is InChI=1S/C22H23FN4O2/c23-15-5-3-4-14(8-15)11-27-17-9-16(10-18(27)13-29-12-17)24-22(28)21-19-6-1-2-7-20(19)25-26-21/h1-8,16-18H,9-13H2,(H,24,28)(H,25,26). The van der Waals surface area contributed by atoms with Gasteiger partial charge >= 0.3 is 0 Å². The highest BCUT2D eigenvalue weighted by Crippen LogP contribution is 2.30. The molecular weight excluding hydrogens is 371 g/mol. The summed E-state index contributed by atoms with van der Waals surface area (Å²) < 4.78 is 19.3. The summed E-state index contributed by atoms with van der Waals surface area (Å²) in [6.07, 6.45) is 1.61. The number of fused-ring (bicyclic) bond motifs is 3. The predicted molar refractivity (Wildman–Crippen MR) is 107 cm³/mol. The molecule has 3 aromatic rings. The van der Waals surface area contributed by atoms with E-state index >= 15 is 0 Å². The highest BCUT2D eigenvalue weighted by atomic mass is 19.1. The number of para-hydroxylation sites is 1. The second kappa shape index (κ2) is 7.57. The first-order valence-electron chi connectivity index (χ1n) is 9.99. The number of aromatic amines is 1. The van der Waals surface area contributed by atoms with Gasteiger partial charge < -0.3 is 10.1 Å². The molecule has 7 heteroatoms. The van der Waals surface area contributed by atoms with E-state index in [4.69, 9.17) is 4.74 Å². The van der Waals surface area contributed by atoms with E-state index in [0.717, 1.165) is 29.3 Å². The number of halogens is 1. The van der Waals surface area contributed by atoms with E-state index in [1.54, 1.807) is 12.1 Å². The van der Waals surface area contributed by atoms with Crippen molar-refractivity contribution in [2.75, 3.05) is 13.2 Å². The molecule has 0 radical (unpaired) electrons. The van der Waals surface area contributed by atoms with Gasteiger partial charge in [0.05, 0.1) is 18.7 Å². The molecular formula is C22H23FN4O2. The van der Waals surface area contributed by atoms with Gasteiger partial charge in [-0.05, 0) is 36.6 Å². The van der Waals surface area contributed by atoms with E-state index in [9.17, 15) is 9.18 Å². The number of benzene rings is 2. The largest absolute Gasteiger partial charge is 0.378 e. The molecule has 2 aliphatic heterocycles. The van der Waals surface area contributed by atoms with E-state index in [0.29, 0.717) is 25.5 Å². The van der Waals surface area contributed by atoms with E-state index in [1.165, 1.54) is 6.07 Å². The maximum atomic E-state index is 13.6. The fourth-order valence-corrected chi connectivity index (χ4v) is 4.60. The lowest BCUT2D eigenvalue weighted by atomic mass is 9.89. The molecule has 0 saturated carbocycles. The van der Waals surface area contributed by atoms with E-state index in [-0.39, 0.29) is 29.8 Å². The summed E-state index contributed by atoms with van der Waals surface area (Å²) >= 11 is 0. The molecule has 0 spiro atoms. The Labute approximate surface area is 168 Å². The number of morpholine rings is 1. The van der Waals surface area contributed by atoms with Gasteiger partial charge in [0.2, 0.25) is 0 Å². The number of amides is 1. The molecule has 2 unspecified atom stereocenters. The van der Waals surface area contributed by atoms with Crippen LogP contribution < -0.4 is 5.32 Å². The van der Waals surface area contributed by atoms with Crippen molar-refractivity contribution in [1.82, 2.24) is 20.4 Å². The Bertz CT molecular complexity index is 1020. The first-order chi connectivity index (χ1) is 14.2. The molecule has 6 nitrogen and oxygen atoms in total. The zero-order chi connectivity index (χ0) is 19.8. The van der Waals surface area contributed by atoms with Crippen LogP contribution in [-0.2, 0) is 11.3 Å². The summed E-state index contributed by atoms with van der Waals surface area (Å²) in [5.74, 6) is -0.359. The average Bonchev–Trinajstić information content (AvgIpc) is 3.13. The van der Waals surface area contributed by atoms with Crippen LogP contribution in [0.2, 0.25) is 0 Å². The third-order valence-corrected chi connectivity index (χ3v) is 5.95. The van der Waals surface area contributed by atoms with Gasteiger partial charge in [-0.15, -0.1) is 0 Å². The fourth-order valence-electron chi connectivity index (χ4n) is 4.60. The number of aromatic nitrogens is 2. The average molecular weight is 394 g/mol. The van der Waals surface area contributed by atoms with Crippen LogP contribution in [0, 0.1) is 5.82 Å². The minimum atomic E-state index is -0.211. The minimum absolute atomic E-state index is 0.0700. The van der Waals surface area contributed by atoms with Gasteiger partial charge in [0.25, 0.3) is 5.91 Å². The number of rotatable bonds is 4. The van der Waals surface area contributed by atoms with Gasteiger partial charge in [0.15, 0.2) is 5.69 Å². The molecule has 1 amide bonds. The van der Waals surface area contributed by atoms with Gasteiger partial charge in [-0.1, -0.05) is 30.3 Å². The molecule has 2 N–H and O–H groups in total. The molecule has 0 aliphatic carbocycles. The first kappa shape index (κ1) is 18.3. The number of ether oxygens (including phenoxy) is 1. The van der Waals surface area contributed by atoms with Crippen molar-refractivity contribution in [2.24, 2.45) is 0 Å². The fraction of sp³-hybridized carbons (Fsp3) is 0.364. The number of hydrogen-bond acceptors (Lipinski definition) is 4. The molecule has 2 saturated heterocycles. The highest BCUT2D eigenvalue weighted by molar-refractivity contribution is 6.04. The highest BCUT2D eigenvalue weighted by Gasteiger charge is 2.39. The Balaban J connectivity index is 1.29. The topological polar surface area (TPSA) is 70.2 Å². The Morgan fingerprint density at radius 1 is 1.17 bits per heavy atom. The zero-order valence-corrected chi connectivity index (χ0v) is 16.0. The van der Waals surface area contributed by atoms with Crippen LogP contribution in [0.15, 0.2) is 48.5 Å². The normalized spacial score (nSPS) is 24.5. The molecule has 2 bridgehead atoms. The van der Waals surface area contributed by atoms with Crippen LogP contribution in [0.5, 0.6) is 0 Å². The van der Waals surface area contributed by atoms with Crippen molar-refractivity contribution in [3.8, 4) is 0 Å². The Morgan fingerprint density at radius 3 is 2.76 bits per heavy atom. The number of hydrogen-bond donors (Lipinski definition) is 2. The summed E-state index contributed by atoms with van der Waals surface area (Å²) in [7, 11) is 0. The predicted octanol–water partition coefficient (Wildman–Crippen LogP) is 2.86. The second-order valence-electron chi connectivity index (χ2n) is 7.91. The number of H-pyrrole nitrogens is 1. The molecule has 5 rings (SSSR count). The SMILES string of the molecule is O=C(NC1CC2COCC(C1)N2Cc1cccc(F)c1)c1n[nH]c2ccccc12. The molecule has 150 valence electrons. The number of nitrogens with one attached hydrogen (secondary N) is 2. The lowest BCUT2D eigenvalue weighted by Crippen LogP contribution is -2.60. The van der Waals surface area contributed by atoms with Crippen molar-refractivity contribution >= 4 is 16.8 Å². The molecule has 2 atom stereocenters. The van der Waals surface area contributed by atoms with Crippen molar-refractivity contribution in [2.45, 2.75) is 37.5 Å². The Morgan fingerprint density at radius 2 is 1.97 bits per heavy atom. The minimum Gasteiger partial charge on any atom is -0.378 e. The quantitative estimate of drug-likeness (QED) is 0.714. The van der Waals surface area contributed by atoms with Crippen molar-refractivity contribution in [3.05, 3.63) is 65.6 Å². The molecule has 29 heavy (non-hydrogen) atoms. The maximum Gasteiger partial charge on any atom is 0.272 e. The Kier molecular flexibility index (Phi) is 4.77. The van der Waals surface area contributed by atoms with E-state index < -0.39 is 0 Å². The zero-order valence-electron chi connectivity index (χ0n) is 16.0. The second-order valence-corrected chi connectivity index (χ2v) is 7.91. The van der Waals surface area contributed by atoms with Crippen molar-refractivity contribution in [3.63, 3.8) is 0 Å². The smallest absolute Gasteiger partial charge is 0.272 e. The lowest BCUT2D eigenvalue weighted by Gasteiger charge is -2.48. The summed E-state index contributed by atoms with van der Waals surface area (Å²) in [5.41, 5.74) is 2.25. The van der Waals surface area contributed by atoms with Crippen molar-refractivity contribution < 1.29 is 13.9 Å². The molecule has 2 aliphatic rings. The Hall–Kier alpha value is -2.77. The molecule has 2 aromatic carbocycles. The summed E-state index contributed by atoms with van der Waals surface area (Å²) in [5, 5.41) is 11.1. The third kappa shape index (κ3) is 3.63. The van der Waals surface area contributed by atoms with Crippen LogP contribution in [0.3, 0.4) is 0 Å². The molecule has 2 fully saturated rings. The lowest BCUT2D eigenvalue weighted by molar-refractivity contribution is -0.0843. The van der Waals surface area contributed by atoms with E-state index in [2.05, 4.69) is 20.4 Å². The monoisotopic (exact) mass is 394 g/mol. The first-order valence-corrected chi connectivity index (χ1v) is 9.99. The maximum absolute atomic E-state index is 13.6. The van der Waals surface area contributed by atoms with Gasteiger partial charge in [0.1, 0.15) is 5.82 Å². The van der Waals surface area contributed by atoms with Crippen molar-refractivity contribution in [1.29, 1.82) is 0 Å². The van der Waals surface area contributed by atoms with Gasteiger partial charge in [0, 0.05) is 30.1 Å². The summed E-state index contributed by atoms with van der Waals surface area (Å²) in [6, 6.07) is 14.9. The molecule has 3 heterocycles. The summed E-state index contributed by atoms with van der Waals surface area (Å²) in [4.78, 5) is 15.2. The van der Waals surface area contributed by atoms with Crippen LogP contribution in [0.4, 0.5) is 4.39 Å². The number of carbonyl (C=O) groups is 1. The third-order valence-electron chi connectivity index (χ3n) is 5.95. The molecule has 1 aromatic heterocycles. The summed E-state index contributed by atoms with van der Waals surface area (Å²) in [6.45, 7) is 1.95. The number of carbonyl (C=O) groups excluding carboxylic acids is 1. The van der Waals surface area contributed by atoms with Crippen LogP contribution in [-0.4, -0.2) is 52.3 Å². The van der Waals surface area contributed by atoms with Gasteiger partial charge in [-0.2, -0.15) is 5.10 Å². The van der Waals surface area contributed by atoms with E-state index in [1.807, 2.05) is 30.3 Å². The van der Waals surface area contributed by atoms with Crippen LogP contribution >= 0.6 is 0 Å². The van der Waals surface area contributed by atoms with Crippen LogP contribution in [0.25, 0.3) is 10.9 Å². The number of piperidine rings is 1. The van der Waals surface area contributed by atoms with Crippen LogP contribution in [0.1, 0.15) is 28.9 Å². The van der Waals surface area contributed by atoms with Gasteiger partial charge in [-0.3, -0.25) is 14.8 Å². The van der Waals surface area contributed by atoms with Gasteiger partial charge in [-0.25, -0.2) is 4.39 Å². The number of nitrogens with zero attached hydrogens (tertiary/aromatic N) is 2.